The number of Topliss-reactive ketones (excluding diaryl/α,β-unsaturated/α-hetero) is 1. The number of rotatable bonds is 1. The van der Waals surface area contributed by atoms with Gasteiger partial charge in [-0.25, -0.2) is 9.97 Å². The van der Waals surface area contributed by atoms with Crippen LogP contribution in [0.4, 0.5) is 0 Å². The highest BCUT2D eigenvalue weighted by molar-refractivity contribution is 6.30. The molecule has 1 heterocycles. The minimum Gasteiger partial charge on any atom is -0.293 e. The molecule has 1 aromatic heterocycles. The molecule has 0 saturated carbocycles. The maximum absolute atomic E-state index is 12.8. The summed E-state index contributed by atoms with van der Waals surface area (Å²) in [4.78, 5) is 22.2. The van der Waals surface area contributed by atoms with E-state index in [1.54, 1.807) is 0 Å². The van der Waals surface area contributed by atoms with Crippen molar-refractivity contribution in [1.29, 1.82) is 5.26 Å². The lowest BCUT2D eigenvalue weighted by molar-refractivity contribution is -0.128. The molecule has 0 fully saturated rings. The van der Waals surface area contributed by atoms with Gasteiger partial charge in [0.25, 0.3) is 0 Å². The summed E-state index contributed by atoms with van der Waals surface area (Å²) in [5.41, 5.74) is 2.07. The van der Waals surface area contributed by atoms with Crippen molar-refractivity contribution >= 4 is 17.4 Å². The molecule has 0 aliphatic heterocycles. The number of nitriles is 1. The van der Waals surface area contributed by atoms with E-state index < -0.39 is 10.8 Å². The molecule has 2 aromatic rings. The third kappa shape index (κ3) is 2.61. The van der Waals surface area contributed by atoms with Gasteiger partial charge >= 0.3 is 0 Å². The van der Waals surface area contributed by atoms with E-state index in [4.69, 9.17) is 16.6 Å². The Bertz CT molecular complexity index is 1020. The number of carbonyl (C=O) groups excluding carboxylic acids is 1. The van der Waals surface area contributed by atoms with Gasteiger partial charge < -0.3 is 0 Å². The zero-order valence-electron chi connectivity index (χ0n) is 15.6. The van der Waals surface area contributed by atoms with Crippen molar-refractivity contribution in [2.75, 3.05) is 0 Å². The fourth-order valence-corrected chi connectivity index (χ4v) is 4.92. The van der Waals surface area contributed by atoms with E-state index in [0.717, 1.165) is 29.7 Å². The van der Waals surface area contributed by atoms with Crippen LogP contribution in [0.25, 0.3) is 11.4 Å². The lowest BCUT2D eigenvalue weighted by Crippen LogP contribution is -2.51. The average molecular weight is 378 g/mol. The van der Waals surface area contributed by atoms with E-state index in [2.05, 4.69) is 18.0 Å². The van der Waals surface area contributed by atoms with E-state index >= 15 is 0 Å². The Balaban J connectivity index is 1.91. The van der Waals surface area contributed by atoms with Crippen LogP contribution < -0.4 is 0 Å². The fourth-order valence-electron chi connectivity index (χ4n) is 4.79. The van der Waals surface area contributed by atoms with Gasteiger partial charge in [-0.15, -0.1) is 0 Å². The zero-order chi connectivity index (χ0) is 19.4. The van der Waals surface area contributed by atoms with Crippen molar-refractivity contribution in [1.82, 2.24) is 9.97 Å². The van der Waals surface area contributed by atoms with Crippen molar-refractivity contribution in [3.63, 3.8) is 0 Å². The van der Waals surface area contributed by atoms with Crippen molar-refractivity contribution in [3.8, 4) is 17.5 Å². The molecule has 0 amide bonds. The number of ketones is 1. The number of aryl methyl sites for hydroxylation is 1. The molecule has 5 heteroatoms. The second-order valence-corrected chi connectivity index (χ2v) is 8.61. The van der Waals surface area contributed by atoms with Gasteiger partial charge in [0, 0.05) is 27.6 Å². The third-order valence-electron chi connectivity index (χ3n) is 6.17. The van der Waals surface area contributed by atoms with E-state index in [9.17, 15) is 10.1 Å². The number of benzene rings is 1. The number of nitrogens with zero attached hydrogens (tertiary/aromatic N) is 3. The van der Waals surface area contributed by atoms with E-state index in [1.165, 1.54) is 0 Å². The number of allylic oxidation sites excluding steroid dienone is 2. The Morgan fingerprint density at radius 1 is 1.22 bits per heavy atom. The number of halogens is 1. The van der Waals surface area contributed by atoms with Crippen molar-refractivity contribution in [2.24, 2.45) is 11.3 Å². The summed E-state index contributed by atoms with van der Waals surface area (Å²) in [6.45, 7) is 6.00. The van der Waals surface area contributed by atoms with Gasteiger partial charge in [0.15, 0.2) is 11.6 Å². The molecule has 2 aliphatic rings. The molecule has 0 radical (unpaired) electrons. The van der Waals surface area contributed by atoms with E-state index in [-0.39, 0.29) is 17.3 Å². The van der Waals surface area contributed by atoms with Crippen molar-refractivity contribution in [3.05, 3.63) is 58.4 Å². The number of aromatic nitrogens is 2. The first-order chi connectivity index (χ1) is 12.8. The SMILES string of the molecule is CC1(C)C(=O)C(C#N)=C[C@]2(C)c3nc(-c4ccc(Cl)cc4)ncc3CC[C@@H]12. The minimum absolute atomic E-state index is 0.0668. The molecule has 27 heavy (non-hydrogen) atoms. The molecule has 2 atom stereocenters. The van der Waals surface area contributed by atoms with Crippen molar-refractivity contribution < 1.29 is 4.79 Å². The fraction of sp³-hybridized carbons (Fsp3) is 0.364. The molecule has 0 bridgehead atoms. The first-order valence-electron chi connectivity index (χ1n) is 9.07. The molecule has 2 aliphatic carbocycles. The number of hydrogen-bond donors (Lipinski definition) is 0. The Labute approximate surface area is 163 Å². The maximum atomic E-state index is 12.8. The summed E-state index contributed by atoms with van der Waals surface area (Å²) >= 11 is 5.99. The van der Waals surface area contributed by atoms with Crippen LogP contribution in [0.5, 0.6) is 0 Å². The second-order valence-electron chi connectivity index (χ2n) is 8.17. The third-order valence-corrected chi connectivity index (χ3v) is 6.42. The van der Waals surface area contributed by atoms with Gasteiger partial charge in [-0.05, 0) is 48.6 Å². The van der Waals surface area contributed by atoms with Crippen LogP contribution in [0.1, 0.15) is 38.4 Å². The highest BCUT2D eigenvalue weighted by Crippen LogP contribution is 2.54. The first-order valence-corrected chi connectivity index (χ1v) is 9.45. The van der Waals surface area contributed by atoms with Crippen LogP contribution in [0, 0.1) is 22.7 Å². The van der Waals surface area contributed by atoms with Crippen molar-refractivity contribution in [2.45, 2.75) is 39.0 Å². The molecular weight excluding hydrogens is 358 g/mol. The van der Waals surface area contributed by atoms with Gasteiger partial charge in [-0.2, -0.15) is 5.26 Å². The second kappa shape index (κ2) is 6.00. The summed E-state index contributed by atoms with van der Waals surface area (Å²) in [6, 6.07) is 9.54. The molecule has 0 unspecified atom stereocenters. The molecular formula is C22H20ClN3O. The predicted molar refractivity (Wildman–Crippen MR) is 104 cm³/mol. The van der Waals surface area contributed by atoms with Crippen LogP contribution in [0.15, 0.2) is 42.1 Å². The number of fused-ring (bicyclic) bond motifs is 3. The van der Waals surface area contributed by atoms with Gasteiger partial charge in [-0.3, -0.25) is 4.79 Å². The van der Waals surface area contributed by atoms with Gasteiger partial charge in [0.1, 0.15) is 6.07 Å². The quantitative estimate of drug-likeness (QED) is 0.723. The standard InChI is InChI=1S/C22H20ClN3O/c1-21(2)17-9-6-14-12-25-20(13-4-7-16(23)8-5-13)26-18(14)22(17,3)10-15(11-24)19(21)27/h4-5,7-8,10,12,17H,6,9H2,1-3H3/t17-,22-/m0/s1. The summed E-state index contributed by atoms with van der Waals surface area (Å²) < 4.78 is 0. The van der Waals surface area contributed by atoms with E-state index in [1.807, 2.05) is 50.4 Å². The largest absolute Gasteiger partial charge is 0.293 e. The van der Waals surface area contributed by atoms with Crippen LogP contribution in [0.3, 0.4) is 0 Å². The lowest BCUT2D eigenvalue weighted by Gasteiger charge is -2.50. The monoisotopic (exact) mass is 377 g/mol. The summed E-state index contributed by atoms with van der Waals surface area (Å²) in [7, 11) is 0. The van der Waals surface area contributed by atoms with Gasteiger partial charge in [0.2, 0.25) is 0 Å². The number of carbonyl (C=O) groups is 1. The Kier molecular flexibility index (Phi) is 3.98. The minimum atomic E-state index is -0.600. The summed E-state index contributed by atoms with van der Waals surface area (Å²) in [5, 5.41) is 10.2. The summed E-state index contributed by atoms with van der Waals surface area (Å²) in [6.07, 6.45) is 5.43. The average Bonchev–Trinajstić information content (AvgIpc) is 2.65. The Morgan fingerprint density at radius 2 is 1.93 bits per heavy atom. The molecule has 1 aromatic carbocycles. The molecule has 4 nitrogen and oxygen atoms in total. The normalized spacial score (nSPS) is 25.8. The molecule has 0 saturated heterocycles. The topological polar surface area (TPSA) is 66.6 Å². The van der Waals surface area contributed by atoms with Gasteiger partial charge in [0.05, 0.1) is 11.3 Å². The Morgan fingerprint density at radius 3 is 2.59 bits per heavy atom. The highest BCUT2D eigenvalue weighted by atomic mass is 35.5. The lowest BCUT2D eigenvalue weighted by atomic mass is 9.52. The van der Waals surface area contributed by atoms with Crippen LogP contribution in [0.2, 0.25) is 5.02 Å². The molecule has 0 N–H and O–H groups in total. The predicted octanol–water partition coefficient (Wildman–Crippen LogP) is 4.68. The van der Waals surface area contributed by atoms with Crippen LogP contribution in [-0.4, -0.2) is 15.8 Å². The van der Waals surface area contributed by atoms with Gasteiger partial charge in [-0.1, -0.05) is 38.4 Å². The molecule has 0 spiro atoms. The smallest absolute Gasteiger partial charge is 0.178 e. The first kappa shape index (κ1) is 17.9. The maximum Gasteiger partial charge on any atom is 0.178 e. The number of hydrogen-bond acceptors (Lipinski definition) is 4. The van der Waals surface area contributed by atoms with E-state index in [0.29, 0.717) is 10.8 Å². The van der Waals surface area contributed by atoms with Crippen LogP contribution in [-0.2, 0) is 16.6 Å². The molecule has 4 rings (SSSR count). The molecule has 136 valence electrons. The summed E-state index contributed by atoms with van der Waals surface area (Å²) in [5.74, 6) is 0.659. The van der Waals surface area contributed by atoms with Crippen LogP contribution >= 0.6 is 11.6 Å². The Hall–Kier alpha value is -2.51. The zero-order valence-corrected chi connectivity index (χ0v) is 16.3. The highest BCUT2D eigenvalue weighted by Gasteiger charge is 2.54.